The molecule has 5 rings (SSSR count). The number of ether oxygens (including phenoxy) is 5. The molecule has 0 bridgehead atoms. The quantitative estimate of drug-likeness (QED) is 0.0654. The molecule has 3 heterocycles. The first kappa shape index (κ1) is 31.6. The second kappa shape index (κ2) is 13.9. The van der Waals surface area contributed by atoms with Crippen molar-refractivity contribution < 1.29 is 43.2 Å². The number of hydrogen-bond acceptors (Lipinski definition) is 11. The lowest BCUT2D eigenvalue weighted by molar-refractivity contribution is -0.132. The van der Waals surface area contributed by atoms with Gasteiger partial charge in [-0.2, -0.15) is 0 Å². The van der Waals surface area contributed by atoms with Gasteiger partial charge >= 0.3 is 11.9 Å². The lowest BCUT2D eigenvalue weighted by Crippen LogP contribution is -2.29. The molecule has 0 saturated carbocycles. The number of anilines is 1. The standard InChI is InChI=1S/C33H34N2O9S/c1-5-8-14-41-22-11-9-20(17-24(22)40-7-3)27-26(28(36)21-10-12-23-25(18-21)43-16-15-42-23)29(37)31(38)35(27)33-34-19(4)30(45-33)32(39)44-13-6-2/h6,9-12,17-18,27,36H,2,5,7-8,13-16H2,1,3-4H3/b28-26+/t27-/m1/s1. The fourth-order valence-corrected chi connectivity index (χ4v) is 5.96. The number of aliphatic hydroxyl groups excluding tert-OH is 1. The first-order valence-electron chi connectivity index (χ1n) is 14.6. The summed E-state index contributed by atoms with van der Waals surface area (Å²) >= 11 is 0.915. The van der Waals surface area contributed by atoms with Crippen LogP contribution in [0.25, 0.3) is 5.76 Å². The number of fused-ring (bicyclic) bond motifs is 1. The number of aryl methyl sites for hydroxylation is 1. The number of nitrogens with zero attached hydrogens (tertiary/aromatic N) is 2. The maximum absolute atomic E-state index is 13.8. The molecule has 2 aliphatic heterocycles. The summed E-state index contributed by atoms with van der Waals surface area (Å²) in [5.74, 6) is -1.04. The maximum atomic E-state index is 13.8. The maximum Gasteiger partial charge on any atom is 0.350 e. The number of aliphatic hydroxyl groups is 1. The molecule has 45 heavy (non-hydrogen) atoms. The SMILES string of the molecule is C=CCOC(=O)c1sc(N2C(=O)C(=O)/C(=C(/O)c3ccc4c(c3)OCCO4)[C@H]2c2ccc(OCCCC)c(OCC)c2)nc1C. The molecule has 12 heteroatoms. The number of esters is 1. The van der Waals surface area contributed by atoms with E-state index in [1.165, 1.54) is 11.0 Å². The van der Waals surface area contributed by atoms with Crippen molar-refractivity contribution in [2.45, 2.75) is 39.7 Å². The normalized spacial score (nSPS) is 16.9. The largest absolute Gasteiger partial charge is 0.507 e. The lowest BCUT2D eigenvalue weighted by Gasteiger charge is -2.24. The smallest absolute Gasteiger partial charge is 0.350 e. The van der Waals surface area contributed by atoms with Gasteiger partial charge in [0.1, 0.15) is 30.5 Å². The van der Waals surface area contributed by atoms with E-state index in [9.17, 15) is 19.5 Å². The van der Waals surface area contributed by atoms with E-state index in [-0.39, 0.29) is 27.8 Å². The Labute approximate surface area is 264 Å². The number of carbonyl (C=O) groups is 3. The van der Waals surface area contributed by atoms with Gasteiger partial charge < -0.3 is 28.8 Å². The topological polar surface area (TPSA) is 134 Å². The molecule has 3 aromatic rings. The van der Waals surface area contributed by atoms with Gasteiger partial charge in [0.15, 0.2) is 28.1 Å². The summed E-state index contributed by atoms with van der Waals surface area (Å²) in [4.78, 5) is 46.1. The van der Waals surface area contributed by atoms with Crippen LogP contribution in [-0.4, -0.2) is 60.8 Å². The fraction of sp³-hybridized carbons (Fsp3) is 0.333. The number of ketones is 1. The van der Waals surface area contributed by atoms with Crippen molar-refractivity contribution in [2.24, 2.45) is 0 Å². The second-order valence-corrected chi connectivity index (χ2v) is 11.1. The second-order valence-electron chi connectivity index (χ2n) is 10.2. The number of Topliss-reactive ketones (excluding diaryl/α,β-unsaturated/α-hetero) is 1. The zero-order chi connectivity index (χ0) is 32.1. The van der Waals surface area contributed by atoms with Crippen LogP contribution in [0.15, 0.2) is 54.6 Å². The molecule has 1 amide bonds. The third-order valence-electron chi connectivity index (χ3n) is 7.11. The van der Waals surface area contributed by atoms with Gasteiger partial charge in [-0.1, -0.05) is 43.4 Å². The van der Waals surface area contributed by atoms with Gasteiger partial charge in [-0.15, -0.1) is 0 Å². The van der Waals surface area contributed by atoms with Gasteiger partial charge in [0.25, 0.3) is 5.78 Å². The van der Waals surface area contributed by atoms with Crippen LogP contribution < -0.4 is 23.8 Å². The van der Waals surface area contributed by atoms with Gasteiger partial charge in [-0.25, -0.2) is 9.78 Å². The predicted octanol–water partition coefficient (Wildman–Crippen LogP) is 5.77. The van der Waals surface area contributed by atoms with E-state index >= 15 is 0 Å². The molecule has 0 aliphatic carbocycles. The Morgan fingerprint density at radius 1 is 1.11 bits per heavy atom. The summed E-state index contributed by atoms with van der Waals surface area (Å²) in [5, 5.41) is 11.7. The third-order valence-corrected chi connectivity index (χ3v) is 8.24. The van der Waals surface area contributed by atoms with E-state index in [1.807, 2.05) is 6.92 Å². The van der Waals surface area contributed by atoms with Crippen LogP contribution in [0.2, 0.25) is 0 Å². The average molecular weight is 635 g/mol. The Morgan fingerprint density at radius 3 is 2.62 bits per heavy atom. The molecule has 11 nitrogen and oxygen atoms in total. The first-order chi connectivity index (χ1) is 21.8. The molecule has 0 spiro atoms. The molecule has 0 radical (unpaired) electrons. The zero-order valence-electron chi connectivity index (χ0n) is 25.3. The third kappa shape index (κ3) is 6.37. The van der Waals surface area contributed by atoms with Crippen molar-refractivity contribution in [2.75, 3.05) is 37.9 Å². The average Bonchev–Trinajstić information content (AvgIpc) is 3.56. The highest BCUT2D eigenvalue weighted by Crippen LogP contribution is 2.46. The monoisotopic (exact) mass is 634 g/mol. The molecule has 2 aromatic carbocycles. The van der Waals surface area contributed by atoms with Crippen molar-refractivity contribution in [1.82, 2.24) is 4.98 Å². The molecule has 1 fully saturated rings. The van der Waals surface area contributed by atoms with Crippen LogP contribution in [-0.2, 0) is 14.3 Å². The van der Waals surface area contributed by atoms with E-state index < -0.39 is 29.5 Å². The summed E-state index contributed by atoms with van der Waals surface area (Å²) in [6, 6.07) is 8.78. The van der Waals surface area contributed by atoms with E-state index in [1.54, 1.807) is 43.3 Å². The minimum absolute atomic E-state index is 0.00155. The summed E-state index contributed by atoms with van der Waals surface area (Å²) in [5.41, 5.74) is 0.882. The van der Waals surface area contributed by atoms with Crippen LogP contribution in [0.3, 0.4) is 0 Å². The van der Waals surface area contributed by atoms with Crippen LogP contribution in [0.5, 0.6) is 23.0 Å². The highest BCUT2D eigenvalue weighted by Gasteiger charge is 2.49. The number of unbranched alkanes of at least 4 members (excludes halogenated alkanes) is 1. The van der Waals surface area contributed by atoms with E-state index in [0.717, 1.165) is 24.2 Å². The Hall–Kier alpha value is -4.84. The summed E-state index contributed by atoms with van der Waals surface area (Å²) in [6.45, 7) is 10.6. The number of thiazole rings is 1. The number of hydrogen-bond donors (Lipinski definition) is 1. The summed E-state index contributed by atoms with van der Waals surface area (Å²) in [7, 11) is 0. The Bertz CT molecular complexity index is 1660. The minimum atomic E-state index is -1.12. The molecule has 1 atom stereocenters. The molecular weight excluding hydrogens is 600 g/mol. The van der Waals surface area contributed by atoms with Crippen molar-refractivity contribution >= 4 is 39.9 Å². The highest BCUT2D eigenvalue weighted by atomic mass is 32.1. The molecular formula is C33H34N2O9S. The zero-order valence-corrected chi connectivity index (χ0v) is 26.1. The van der Waals surface area contributed by atoms with Gasteiger partial charge in [0, 0.05) is 5.56 Å². The van der Waals surface area contributed by atoms with Gasteiger partial charge in [-0.05, 0) is 56.2 Å². The first-order valence-corrected chi connectivity index (χ1v) is 15.5. The van der Waals surface area contributed by atoms with Crippen molar-refractivity contribution in [3.05, 3.63) is 76.3 Å². The fourth-order valence-electron chi connectivity index (χ4n) is 4.97. The number of carbonyl (C=O) groups excluding carboxylic acids is 3. The number of amides is 1. The molecule has 236 valence electrons. The molecule has 1 aromatic heterocycles. The van der Waals surface area contributed by atoms with Crippen molar-refractivity contribution in [3.8, 4) is 23.0 Å². The Morgan fingerprint density at radius 2 is 1.89 bits per heavy atom. The summed E-state index contributed by atoms with van der Waals surface area (Å²) in [6.07, 6.45) is 3.24. The number of benzene rings is 2. The number of aromatic nitrogens is 1. The molecule has 1 N–H and O–H groups in total. The van der Waals surface area contributed by atoms with Crippen LogP contribution in [0, 0.1) is 6.92 Å². The Balaban J connectivity index is 1.66. The number of rotatable bonds is 12. The van der Waals surface area contributed by atoms with Crippen LogP contribution in [0.4, 0.5) is 5.13 Å². The van der Waals surface area contributed by atoms with Gasteiger partial charge in [0.05, 0.1) is 30.5 Å². The predicted molar refractivity (Wildman–Crippen MR) is 168 cm³/mol. The van der Waals surface area contributed by atoms with Crippen LogP contribution in [0.1, 0.15) is 59.2 Å². The molecule has 0 unspecified atom stereocenters. The lowest BCUT2D eigenvalue weighted by atomic mass is 9.95. The van der Waals surface area contributed by atoms with Gasteiger partial charge in [0.2, 0.25) is 0 Å². The van der Waals surface area contributed by atoms with E-state index in [2.05, 4.69) is 18.5 Å². The summed E-state index contributed by atoms with van der Waals surface area (Å²) < 4.78 is 28.3. The molecule has 1 saturated heterocycles. The van der Waals surface area contributed by atoms with Gasteiger partial charge in [-0.3, -0.25) is 14.5 Å². The highest BCUT2D eigenvalue weighted by molar-refractivity contribution is 7.17. The Kier molecular flexibility index (Phi) is 9.72. The van der Waals surface area contributed by atoms with Crippen molar-refractivity contribution in [3.63, 3.8) is 0 Å². The van der Waals surface area contributed by atoms with Crippen molar-refractivity contribution in [1.29, 1.82) is 0 Å². The van der Waals surface area contributed by atoms with Crippen LogP contribution >= 0.6 is 11.3 Å². The minimum Gasteiger partial charge on any atom is -0.507 e. The molecule has 2 aliphatic rings. The van der Waals surface area contributed by atoms with E-state index in [0.29, 0.717) is 60.7 Å². The van der Waals surface area contributed by atoms with E-state index in [4.69, 9.17) is 23.7 Å².